The molecule has 1 atom stereocenters. The van der Waals surface area contributed by atoms with Gasteiger partial charge in [0.05, 0.1) is 15.9 Å². The number of carbonyl (C=O) groups excluding carboxylic acids is 2. The van der Waals surface area contributed by atoms with Crippen molar-refractivity contribution in [2.45, 2.75) is 18.9 Å². The lowest BCUT2D eigenvalue weighted by Gasteiger charge is -2.11. The number of rotatable bonds is 5. The molecule has 2 amide bonds. The average molecular weight is 434 g/mol. The van der Waals surface area contributed by atoms with E-state index in [1.807, 2.05) is 40.9 Å². The fourth-order valence-electron chi connectivity index (χ4n) is 3.97. The minimum Gasteiger partial charge on any atom is -0.355 e. The van der Waals surface area contributed by atoms with E-state index in [1.54, 1.807) is 30.5 Å². The molecule has 0 unspecified atom stereocenters. The fraction of sp³-hybridized carbons (Fsp3) is 0.261. The number of hydrogen-bond acceptors (Lipinski definition) is 5. The van der Waals surface area contributed by atoms with Crippen LogP contribution in [0.5, 0.6) is 0 Å². The minimum atomic E-state index is -0.109. The highest BCUT2D eigenvalue weighted by molar-refractivity contribution is 7.23. The van der Waals surface area contributed by atoms with Gasteiger partial charge in [0.25, 0.3) is 11.8 Å². The van der Waals surface area contributed by atoms with Gasteiger partial charge in [-0.25, -0.2) is 4.98 Å². The summed E-state index contributed by atoms with van der Waals surface area (Å²) in [7, 11) is 1.62. The molecule has 3 N–H and O–H groups in total. The maximum atomic E-state index is 12.5. The van der Waals surface area contributed by atoms with Gasteiger partial charge in [-0.3, -0.25) is 14.0 Å². The summed E-state index contributed by atoms with van der Waals surface area (Å²) in [4.78, 5) is 29.9. The second kappa shape index (κ2) is 8.13. The minimum absolute atomic E-state index is 0.0430. The van der Waals surface area contributed by atoms with Crippen LogP contribution >= 0.6 is 11.3 Å². The molecule has 3 heterocycles. The number of hydrogen-bond donors (Lipinski definition) is 3. The quantitative estimate of drug-likeness (QED) is 0.451. The van der Waals surface area contributed by atoms with Crippen LogP contribution in [0.1, 0.15) is 33.6 Å². The monoisotopic (exact) mass is 433 g/mol. The predicted molar refractivity (Wildman–Crippen MR) is 123 cm³/mol. The van der Waals surface area contributed by atoms with Crippen molar-refractivity contribution >= 4 is 38.3 Å². The van der Waals surface area contributed by atoms with Gasteiger partial charge < -0.3 is 16.0 Å². The first kappa shape index (κ1) is 19.7. The van der Waals surface area contributed by atoms with Crippen molar-refractivity contribution in [3.05, 3.63) is 59.8 Å². The fourth-order valence-corrected chi connectivity index (χ4v) is 5.01. The zero-order valence-electron chi connectivity index (χ0n) is 17.1. The average Bonchev–Trinajstić information content (AvgIpc) is 3.53. The van der Waals surface area contributed by atoms with Crippen LogP contribution in [-0.2, 0) is 0 Å². The topological polar surface area (TPSA) is 87.5 Å². The summed E-state index contributed by atoms with van der Waals surface area (Å²) in [6, 6.07) is 13.6. The van der Waals surface area contributed by atoms with Gasteiger partial charge >= 0.3 is 0 Å². The summed E-state index contributed by atoms with van der Waals surface area (Å²) in [5, 5.41) is 9.05. The zero-order valence-corrected chi connectivity index (χ0v) is 18.0. The van der Waals surface area contributed by atoms with Gasteiger partial charge in [0, 0.05) is 42.5 Å². The molecule has 5 rings (SSSR count). The van der Waals surface area contributed by atoms with Crippen LogP contribution in [0, 0.1) is 0 Å². The third-order valence-corrected chi connectivity index (χ3v) is 6.72. The molecule has 0 bridgehead atoms. The molecular formula is C23H23N5O2S. The van der Waals surface area contributed by atoms with E-state index in [2.05, 4.69) is 16.0 Å². The Balaban J connectivity index is 1.37. The van der Waals surface area contributed by atoms with Crippen LogP contribution in [0.2, 0.25) is 0 Å². The molecule has 0 spiro atoms. The van der Waals surface area contributed by atoms with Crippen LogP contribution in [0.15, 0.2) is 48.7 Å². The number of benzene rings is 2. The molecule has 0 saturated carbocycles. The van der Waals surface area contributed by atoms with Crippen molar-refractivity contribution in [2.75, 3.05) is 20.1 Å². The van der Waals surface area contributed by atoms with Crippen molar-refractivity contribution in [1.29, 1.82) is 0 Å². The standard InChI is InChI=1S/C23H23N5O2S/c1-24-21(29)15-6-4-14(5-7-15)18-13-28-19-9-8-16(11-20(19)31-23(28)27-18)22(30)26-12-17-3-2-10-25-17/h4-9,11,13,17,25H,2-3,10,12H2,1H3,(H,24,29)(H,26,30)/t17-/m1/s1. The van der Waals surface area contributed by atoms with Gasteiger partial charge in [0.1, 0.15) is 0 Å². The first-order chi connectivity index (χ1) is 15.1. The Morgan fingerprint density at radius 2 is 1.97 bits per heavy atom. The SMILES string of the molecule is CNC(=O)c1ccc(-c2cn3c(n2)sc2cc(C(=O)NC[C@H]4CCCN4)ccc23)cc1. The van der Waals surface area contributed by atoms with Crippen molar-refractivity contribution < 1.29 is 9.59 Å². The predicted octanol–water partition coefficient (Wildman–Crippen LogP) is 3.06. The number of fused-ring (bicyclic) bond motifs is 3. The van der Waals surface area contributed by atoms with Gasteiger partial charge in [-0.15, -0.1) is 0 Å². The summed E-state index contributed by atoms with van der Waals surface area (Å²) in [6.45, 7) is 1.69. The molecular weight excluding hydrogens is 410 g/mol. The lowest BCUT2D eigenvalue weighted by molar-refractivity contribution is 0.0946. The third-order valence-electron chi connectivity index (χ3n) is 5.70. The molecule has 8 heteroatoms. The molecule has 158 valence electrons. The van der Waals surface area contributed by atoms with Crippen molar-refractivity contribution in [1.82, 2.24) is 25.3 Å². The molecule has 31 heavy (non-hydrogen) atoms. The Morgan fingerprint density at radius 1 is 1.16 bits per heavy atom. The van der Waals surface area contributed by atoms with E-state index in [4.69, 9.17) is 4.98 Å². The Kier molecular flexibility index (Phi) is 5.17. The zero-order chi connectivity index (χ0) is 21.4. The van der Waals surface area contributed by atoms with Gasteiger partial charge in [0.15, 0.2) is 4.96 Å². The largest absolute Gasteiger partial charge is 0.355 e. The number of nitrogens with one attached hydrogen (secondary N) is 3. The molecule has 1 fully saturated rings. The lowest BCUT2D eigenvalue weighted by Crippen LogP contribution is -2.37. The molecule has 2 aromatic carbocycles. The van der Waals surface area contributed by atoms with Gasteiger partial charge in [-0.2, -0.15) is 0 Å². The number of nitrogens with zero attached hydrogens (tertiary/aromatic N) is 2. The van der Waals surface area contributed by atoms with Gasteiger partial charge in [-0.05, 0) is 49.7 Å². The first-order valence-corrected chi connectivity index (χ1v) is 11.2. The summed E-state index contributed by atoms with van der Waals surface area (Å²) in [6.07, 6.45) is 4.27. The van der Waals surface area contributed by atoms with E-state index in [0.29, 0.717) is 23.7 Å². The smallest absolute Gasteiger partial charge is 0.251 e. The normalized spacial score (nSPS) is 16.1. The highest BCUT2D eigenvalue weighted by Gasteiger charge is 2.17. The van der Waals surface area contributed by atoms with Crippen LogP contribution in [0.25, 0.3) is 26.4 Å². The molecule has 0 radical (unpaired) electrons. The van der Waals surface area contributed by atoms with E-state index in [-0.39, 0.29) is 11.8 Å². The number of carbonyl (C=O) groups is 2. The maximum absolute atomic E-state index is 12.5. The third kappa shape index (κ3) is 3.80. The summed E-state index contributed by atoms with van der Waals surface area (Å²) in [5.74, 6) is -0.152. The van der Waals surface area contributed by atoms with E-state index in [1.165, 1.54) is 6.42 Å². The van der Waals surface area contributed by atoms with Crippen LogP contribution < -0.4 is 16.0 Å². The molecule has 0 aliphatic carbocycles. The second-order valence-corrected chi connectivity index (χ2v) is 8.73. The Morgan fingerprint density at radius 3 is 2.71 bits per heavy atom. The first-order valence-electron chi connectivity index (χ1n) is 10.4. The van der Waals surface area contributed by atoms with Crippen molar-refractivity contribution in [3.8, 4) is 11.3 Å². The Bertz CT molecular complexity index is 1270. The van der Waals surface area contributed by atoms with Crippen molar-refractivity contribution in [3.63, 3.8) is 0 Å². The summed E-state index contributed by atoms with van der Waals surface area (Å²) in [5.41, 5.74) is 4.11. The van der Waals surface area contributed by atoms with Crippen LogP contribution in [0.3, 0.4) is 0 Å². The second-order valence-electron chi connectivity index (χ2n) is 7.72. The highest BCUT2D eigenvalue weighted by Crippen LogP contribution is 2.30. The van der Waals surface area contributed by atoms with Gasteiger partial charge in [0.2, 0.25) is 0 Å². The van der Waals surface area contributed by atoms with E-state index < -0.39 is 0 Å². The van der Waals surface area contributed by atoms with E-state index in [0.717, 1.165) is 39.4 Å². The maximum Gasteiger partial charge on any atom is 0.251 e. The highest BCUT2D eigenvalue weighted by atomic mass is 32.1. The van der Waals surface area contributed by atoms with Gasteiger partial charge in [-0.1, -0.05) is 23.5 Å². The molecule has 1 aliphatic rings. The molecule has 7 nitrogen and oxygen atoms in total. The number of aromatic nitrogens is 2. The molecule has 4 aromatic rings. The van der Waals surface area contributed by atoms with Crippen molar-refractivity contribution in [2.24, 2.45) is 0 Å². The summed E-state index contributed by atoms with van der Waals surface area (Å²) < 4.78 is 3.07. The Hall–Kier alpha value is -3.23. The van der Waals surface area contributed by atoms with E-state index >= 15 is 0 Å². The molecule has 1 aliphatic heterocycles. The van der Waals surface area contributed by atoms with Crippen LogP contribution in [0.4, 0.5) is 0 Å². The van der Waals surface area contributed by atoms with E-state index in [9.17, 15) is 9.59 Å². The molecule has 2 aromatic heterocycles. The number of imidazole rings is 1. The number of amides is 2. The summed E-state index contributed by atoms with van der Waals surface area (Å²) >= 11 is 1.56. The Labute approximate surface area is 183 Å². The lowest BCUT2D eigenvalue weighted by atomic mass is 10.1. The number of thiazole rings is 1. The molecule has 1 saturated heterocycles. The van der Waals surface area contributed by atoms with Crippen LogP contribution in [-0.4, -0.2) is 47.4 Å².